The van der Waals surface area contributed by atoms with Gasteiger partial charge in [-0.3, -0.25) is 4.79 Å². The van der Waals surface area contributed by atoms with Crippen molar-refractivity contribution in [2.75, 3.05) is 6.61 Å². The highest BCUT2D eigenvalue weighted by atomic mass is 16.3. The van der Waals surface area contributed by atoms with Gasteiger partial charge in [-0.1, -0.05) is 6.92 Å². The predicted molar refractivity (Wildman–Crippen MR) is 56.5 cm³/mol. The van der Waals surface area contributed by atoms with Crippen molar-refractivity contribution in [3.05, 3.63) is 18.2 Å². The quantitative estimate of drug-likeness (QED) is 0.753. The van der Waals surface area contributed by atoms with Crippen LogP contribution < -0.4 is 5.32 Å². The highest BCUT2D eigenvalue weighted by Gasteiger charge is 2.24. The van der Waals surface area contributed by atoms with E-state index >= 15 is 0 Å². The topological polar surface area (TPSA) is 67.2 Å². The van der Waals surface area contributed by atoms with E-state index in [9.17, 15) is 4.79 Å². The second kappa shape index (κ2) is 4.44. The third-order valence-corrected chi connectivity index (χ3v) is 2.59. The Hall–Kier alpha value is -1.36. The van der Waals surface area contributed by atoms with E-state index in [4.69, 9.17) is 5.11 Å². The molecule has 5 heteroatoms. The molecule has 1 aromatic heterocycles. The minimum atomic E-state index is -0.568. The first kappa shape index (κ1) is 11.7. The Morgan fingerprint density at radius 3 is 2.80 bits per heavy atom. The van der Waals surface area contributed by atoms with E-state index in [0.29, 0.717) is 12.1 Å². The van der Waals surface area contributed by atoms with Crippen LogP contribution in [0.1, 0.15) is 30.8 Å². The summed E-state index contributed by atoms with van der Waals surface area (Å²) < 4.78 is 1.64. The molecule has 1 heterocycles. The molecule has 0 bridgehead atoms. The van der Waals surface area contributed by atoms with Crippen molar-refractivity contribution in [1.29, 1.82) is 0 Å². The zero-order valence-electron chi connectivity index (χ0n) is 9.32. The summed E-state index contributed by atoms with van der Waals surface area (Å²) >= 11 is 0. The van der Waals surface area contributed by atoms with Crippen LogP contribution in [0.25, 0.3) is 0 Å². The lowest BCUT2D eigenvalue weighted by atomic mass is 10.0. The largest absolute Gasteiger partial charge is 0.394 e. The van der Waals surface area contributed by atoms with E-state index in [2.05, 4.69) is 10.3 Å². The Morgan fingerprint density at radius 1 is 1.73 bits per heavy atom. The van der Waals surface area contributed by atoms with Gasteiger partial charge in [-0.25, -0.2) is 4.98 Å². The number of imidazole rings is 1. The molecule has 2 N–H and O–H groups in total. The molecule has 0 aliphatic heterocycles. The van der Waals surface area contributed by atoms with Gasteiger partial charge in [0, 0.05) is 7.05 Å². The van der Waals surface area contributed by atoms with Crippen molar-refractivity contribution in [3.63, 3.8) is 0 Å². The summed E-state index contributed by atoms with van der Waals surface area (Å²) in [6.45, 7) is 3.65. The molecule has 0 aromatic carbocycles. The van der Waals surface area contributed by atoms with Crippen LogP contribution in [-0.2, 0) is 7.05 Å². The number of nitrogens with one attached hydrogen (secondary N) is 1. The van der Waals surface area contributed by atoms with E-state index in [1.807, 2.05) is 6.92 Å². The van der Waals surface area contributed by atoms with Gasteiger partial charge in [0.1, 0.15) is 5.69 Å². The van der Waals surface area contributed by atoms with Gasteiger partial charge in [-0.05, 0) is 13.3 Å². The van der Waals surface area contributed by atoms with Crippen LogP contribution in [0.15, 0.2) is 12.5 Å². The number of nitrogens with zero attached hydrogens (tertiary/aromatic N) is 2. The van der Waals surface area contributed by atoms with Crippen molar-refractivity contribution in [1.82, 2.24) is 14.9 Å². The molecule has 0 saturated heterocycles. The summed E-state index contributed by atoms with van der Waals surface area (Å²) in [5, 5.41) is 12.0. The maximum atomic E-state index is 11.8. The Labute approximate surface area is 89.1 Å². The number of carbonyl (C=O) groups excluding carboxylic acids is 1. The first-order valence-electron chi connectivity index (χ1n) is 4.92. The molecular weight excluding hydrogens is 194 g/mol. The van der Waals surface area contributed by atoms with Gasteiger partial charge in [0.05, 0.1) is 24.7 Å². The van der Waals surface area contributed by atoms with Crippen LogP contribution in [0.5, 0.6) is 0 Å². The molecule has 1 aromatic rings. The summed E-state index contributed by atoms with van der Waals surface area (Å²) in [6, 6.07) is 0. The van der Waals surface area contributed by atoms with Crippen LogP contribution in [0.2, 0.25) is 0 Å². The molecule has 15 heavy (non-hydrogen) atoms. The van der Waals surface area contributed by atoms with E-state index in [1.165, 1.54) is 6.20 Å². The highest BCUT2D eigenvalue weighted by Crippen LogP contribution is 2.09. The number of hydrogen-bond donors (Lipinski definition) is 2. The van der Waals surface area contributed by atoms with Crippen molar-refractivity contribution in [2.24, 2.45) is 7.05 Å². The summed E-state index contributed by atoms with van der Waals surface area (Å²) in [7, 11) is 1.75. The molecule has 1 rings (SSSR count). The third kappa shape index (κ3) is 2.56. The standard InChI is InChI=1S/C10H17N3O2/c1-4-10(2,6-14)12-9(15)8-5-11-7-13(8)3/h5,7,14H,4,6H2,1-3H3,(H,12,15). The lowest BCUT2D eigenvalue weighted by molar-refractivity contribution is 0.0839. The highest BCUT2D eigenvalue weighted by molar-refractivity contribution is 5.92. The molecule has 5 nitrogen and oxygen atoms in total. The monoisotopic (exact) mass is 211 g/mol. The van der Waals surface area contributed by atoms with Crippen LogP contribution in [0.4, 0.5) is 0 Å². The molecule has 1 unspecified atom stereocenters. The molecular formula is C10H17N3O2. The van der Waals surface area contributed by atoms with Crippen molar-refractivity contribution >= 4 is 5.91 Å². The fraction of sp³-hybridized carbons (Fsp3) is 0.600. The molecule has 0 fully saturated rings. The van der Waals surface area contributed by atoms with Crippen LogP contribution >= 0.6 is 0 Å². The molecule has 0 saturated carbocycles. The van der Waals surface area contributed by atoms with Crippen LogP contribution in [-0.4, -0.2) is 32.7 Å². The van der Waals surface area contributed by atoms with Gasteiger partial charge in [0.25, 0.3) is 5.91 Å². The number of rotatable bonds is 4. The normalized spacial score (nSPS) is 14.7. The first-order chi connectivity index (χ1) is 7.02. The van der Waals surface area contributed by atoms with E-state index < -0.39 is 5.54 Å². The Kier molecular flexibility index (Phi) is 3.47. The molecule has 0 radical (unpaired) electrons. The number of aryl methyl sites for hydroxylation is 1. The number of hydrogen-bond acceptors (Lipinski definition) is 3. The number of amides is 1. The van der Waals surface area contributed by atoms with E-state index in [-0.39, 0.29) is 12.5 Å². The minimum Gasteiger partial charge on any atom is -0.394 e. The van der Waals surface area contributed by atoms with Gasteiger partial charge >= 0.3 is 0 Å². The van der Waals surface area contributed by atoms with Gasteiger partial charge in [-0.15, -0.1) is 0 Å². The van der Waals surface area contributed by atoms with E-state index in [0.717, 1.165) is 0 Å². The van der Waals surface area contributed by atoms with Gasteiger partial charge in [-0.2, -0.15) is 0 Å². The van der Waals surface area contributed by atoms with Crippen molar-refractivity contribution < 1.29 is 9.90 Å². The van der Waals surface area contributed by atoms with Crippen molar-refractivity contribution in [2.45, 2.75) is 25.8 Å². The summed E-state index contributed by atoms with van der Waals surface area (Å²) in [5.74, 6) is -0.214. The van der Waals surface area contributed by atoms with Gasteiger partial charge in [0.2, 0.25) is 0 Å². The fourth-order valence-electron chi connectivity index (χ4n) is 1.15. The lowest BCUT2D eigenvalue weighted by Crippen LogP contribution is -2.48. The molecule has 84 valence electrons. The number of aliphatic hydroxyl groups is 1. The Balaban J connectivity index is 2.76. The SMILES string of the molecule is CCC(C)(CO)NC(=O)c1cncn1C. The summed E-state index contributed by atoms with van der Waals surface area (Å²) in [4.78, 5) is 15.6. The predicted octanol–water partition coefficient (Wildman–Crippen LogP) is 0.311. The number of aliphatic hydroxyl groups excluding tert-OH is 1. The third-order valence-electron chi connectivity index (χ3n) is 2.59. The summed E-state index contributed by atoms with van der Waals surface area (Å²) in [5.41, 5.74) is -0.0791. The fourth-order valence-corrected chi connectivity index (χ4v) is 1.15. The molecule has 0 spiro atoms. The molecule has 1 amide bonds. The zero-order chi connectivity index (χ0) is 11.5. The average molecular weight is 211 g/mol. The molecule has 0 aliphatic carbocycles. The Morgan fingerprint density at radius 2 is 2.40 bits per heavy atom. The number of carbonyl (C=O) groups is 1. The number of aromatic nitrogens is 2. The first-order valence-corrected chi connectivity index (χ1v) is 4.92. The lowest BCUT2D eigenvalue weighted by Gasteiger charge is -2.27. The maximum absolute atomic E-state index is 11.8. The van der Waals surface area contributed by atoms with Crippen LogP contribution in [0.3, 0.4) is 0 Å². The van der Waals surface area contributed by atoms with Gasteiger partial charge < -0.3 is 15.0 Å². The van der Waals surface area contributed by atoms with E-state index in [1.54, 1.807) is 24.9 Å². The molecule has 0 aliphatic rings. The Bertz CT molecular complexity index is 342. The van der Waals surface area contributed by atoms with Gasteiger partial charge in [0.15, 0.2) is 0 Å². The van der Waals surface area contributed by atoms with Crippen LogP contribution in [0, 0.1) is 0 Å². The van der Waals surface area contributed by atoms with Crippen molar-refractivity contribution in [3.8, 4) is 0 Å². The average Bonchev–Trinajstić information content (AvgIpc) is 2.64. The maximum Gasteiger partial charge on any atom is 0.270 e. The second-order valence-electron chi connectivity index (χ2n) is 3.92. The smallest absolute Gasteiger partial charge is 0.270 e. The minimum absolute atomic E-state index is 0.0763. The second-order valence-corrected chi connectivity index (χ2v) is 3.92. The summed E-state index contributed by atoms with van der Waals surface area (Å²) in [6.07, 6.45) is 3.74. The zero-order valence-corrected chi connectivity index (χ0v) is 9.32. The molecule has 1 atom stereocenters.